The van der Waals surface area contributed by atoms with Crippen molar-refractivity contribution in [3.63, 3.8) is 0 Å². The van der Waals surface area contributed by atoms with E-state index in [1.165, 1.54) is 11.6 Å². The van der Waals surface area contributed by atoms with Crippen molar-refractivity contribution in [1.29, 1.82) is 5.26 Å². The van der Waals surface area contributed by atoms with Crippen LogP contribution in [-0.4, -0.2) is 46.9 Å². The number of hydrogen-bond acceptors (Lipinski definition) is 6. The zero-order chi connectivity index (χ0) is 15.5. The fourth-order valence-electron chi connectivity index (χ4n) is 2.43. The Balaban J connectivity index is 6.12. The molecule has 0 aromatic heterocycles. The monoisotopic (exact) mass is 312 g/mol. The molecule has 0 aromatic carbocycles. The first kappa shape index (κ1) is 18.8. The number of nitriles is 1. The molecule has 0 radical (unpaired) electrons. The first-order valence-corrected chi connectivity index (χ1v) is 10.9. The number of rotatable bonds is 7. The summed E-state index contributed by atoms with van der Waals surface area (Å²) in [5, 5.41) is 8.68. The second-order valence-electron chi connectivity index (χ2n) is 5.14. The van der Waals surface area contributed by atoms with Crippen molar-refractivity contribution >= 4 is 15.9 Å². The van der Waals surface area contributed by atoms with Gasteiger partial charge in [-0.3, -0.25) is 0 Å². The fourth-order valence-corrected chi connectivity index (χ4v) is 10.8. The molecule has 0 fully saturated rings. The predicted octanol–water partition coefficient (Wildman–Crippen LogP) is 1.65. The average Bonchev–Trinajstić information content (AvgIpc) is 2.24. The van der Waals surface area contributed by atoms with Gasteiger partial charge in [-0.15, -0.1) is 0 Å². The molecular formula is C11H25N2O4PS. The van der Waals surface area contributed by atoms with Crippen LogP contribution in [-0.2, 0) is 9.46 Å². The van der Waals surface area contributed by atoms with Gasteiger partial charge in [0.15, 0.2) is 0 Å². The van der Waals surface area contributed by atoms with Gasteiger partial charge < -0.3 is 0 Å². The van der Waals surface area contributed by atoms with Gasteiger partial charge in [-0.05, 0) is 0 Å². The summed E-state index contributed by atoms with van der Waals surface area (Å²) in [7, 11) is -4.10. The van der Waals surface area contributed by atoms with Gasteiger partial charge >= 0.3 is 115 Å². The summed E-state index contributed by atoms with van der Waals surface area (Å²) in [6, 6.07) is 1.09. The summed E-state index contributed by atoms with van der Waals surface area (Å²) in [5.41, 5.74) is 0. The third-order valence-corrected chi connectivity index (χ3v) is 13.1. The second kappa shape index (κ2) is 6.02. The molecule has 0 unspecified atom stereocenters. The van der Waals surface area contributed by atoms with E-state index in [2.05, 4.69) is 0 Å². The van der Waals surface area contributed by atoms with Gasteiger partial charge in [0.2, 0.25) is 0 Å². The van der Waals surface area contributed by atoms with Gasteiger partial charge in [-0.25, -0.2) is 0 Å². The molecule has 0 amide bonds. The van der Waals surface area contributed by atoms with Crippen molar-refractivity contribution in [1.82, 2.24) is 4.67 Å². The van der Waals surface area contributed by atoms with E-state index in [1.807, 2.05) is 0 Å². The van der Waals surface area contributed by atoms with Crippen LogP contribution >= 0.6 is 6.41 Å². The van der Waals surface area contributed by atoms with E-state index in [9.17, 15) is 18.2 Å². The normalized spacial score (nSPS) is 15.5. The third kappa shape index (κ3) is 3.26. The van der Waals surface area contributed by atoms with Crippen LogP contribution < -0.4 is 0 Å². The summed E-state index contributed by atoms with van der Waals surface area (Å²) < 4.78 is 25.9. The Labute approximate surface area is 115 Å². The molecule has 0 aromatic rings. The summed E-state index contributed by atoms with van der Waals surface area (Å²) in [4.78, 5) is 21.6. The predicted molar refractivity (Wildman–Crippen MR) is 78.0 cm³/mol. The molecule has 0 aliphatic rings. The summed E-state index contributed by atoms with van der Waals surface area (Å²) >= 11 is 0. The molecule has 0 saturated carbocycles. The van der Waals surface area contributed by atoms with Gasteiger partial charge in [0.25, 0.3) is 0 Å². The SMILES string of the molecule is CCS(=O)(=O)P(O)(O)(CCC#N)N(C(C)C)C(C)C. The molecule has 2 N–H and O–H groups in total. The topological polar surface area (TPSA) is 102 Å². The van der Waals surface area contributed by atoms with Gasteiger partial charge in [-0.2, -0.15) is 0 Å². The molecule has 0 rings (SSSR count). The van der Waals surface area contributed by atoms with E-state index >= 15 is 0 Å². The maximum atomic E-state index is 12.3. The van der Waals surface area contributed by atoms with Crippen molar-refractivity contribution in [2.24, 2.45) is 0 Å². The zero-order valence-electron chi connectivity index (χ0n) is 12.2. The summed E-state index contributed by atoms with van der Waals surface area (Å²) in [5.74, 6) is -0.362. The van der Waals surface area contributed by atoms with Crippen molar-refractivity contribution in [2.75, 3.05) is 11.9 Å². The second-order valence-corrected chi connectivity index (χ2v) is 13.8. The van der Waals surface area contributed by atoms with Gasteiger partial charge in [0, 0.05) is 0 Å². The molecular weight excluding hydrogens is 287 g/mol. The molecule has 0 bridgehead atoms. The standard InChI is InChI=1S/C11H25N2O4PS/c1-6-19(16,17)18(14,15,9-7-8-12)13(10(2)3)11(4)5/h10-11,14-15H,6-7,9H2,1-5H3. The van der Waals surface area contributed by atoms with Crippen molar-refractivity contribution in [2.45, 2.75) is 53.1 Å². The van der Waals surface area contributed by atoms with Crippen LogP contribution in [0.2, 0.25) is 0 Å². The van der Waals surface area contributed by atoms with E-state index in [1.54, 1.807) is 33.8 Å². The first-order chi connectivity index (χ1) is 8.44. The Kier molecular flexibility index (Phi) is 5.95. The summed E-state index contributed by atoms with van der Waals surface area (Å²) in [6.07, 6.45) is -5.81. The molecule has 0 heterocycles. The quantitative estimate of drug-likeness (QED) is 0.693. The van der Waals surface area contributed by atoms with Gasteiger partial charge in [0.05, 0.1) is 0 Å². The molecule has 0 spiro atoms. The van der Waals surface area contributed by atoms with E-state index in [-0.39, 0.29) is 24.3 Å². The maximum absolute atomic E-state index is 12.3. The molecule has 114 valence electrons. The third-order valence-electron chi connectivity index (χ3n) is 3.07. The molecule has 8 heteroatoms. The molecule has 0 aliphatic carbocycles. The van der Waals surface area contributed by atoms with E-state index in [0.717, 1.165) is 0 Å². The van der Waals surface area contributed by atoms with Crippen LogP contribution in [0.1, 0.15) is 41.0 Å². The van der Waals surface area contributed by atoms with Crippen molar-refractivity contribution in [3.05, 3.63) is 0 Å². The first-order valence-electron chi connectivity index (χ1n) is 6.33. The van der Waals surface area contributed by atoms with Crippen LogP contribution in [0.25, 0.3) is 0 Å². The number of hydrogen-bond donors (Lipinski definition) is 2. The van der Waals surface area contributed by atoms with Gasteiger partial charge in [-0.1, -0.05) is 0 Å². The average molecular weight is 312 g/mol. The minimum absolute atomic E-state index is 0.208. The summed E-state index contributed by atoms with van der Waals surface area (Å²) in [6.45, 7) is 8.24. The zero-order valence-corrected chi connectivity index (χ0v) is 13.9. The van der Waals surface area contributed by atoms with Crippen molar-refractivity contribution < 1.29 is 18.2 Å². The molecule has 0 saturated heterocycles. The Morgan fingerprint density at radius 3 is 1.89 bits per heavy atom. The van der Waals surface area contributed by atoms with Crippen LogP contribution in [0.3, 0.4) is 0 Å². The minimum atomic E-state index is -5.16. The van der Waals surface area contributed by atoms with E-state index < -0.39 is 22.0 Å². The van der Waals surface area contributed by atoms with E-state index in [0.29, 0.717) is 0 Å². The Morgan fingerprint density at radius 2 is 1.63 bits per heavy atom. The van der Waals surface area contributed by atoms with Crippen LogP contribution in [0.5, 0.6) is 0 Å². The van der Waals surface area contributed by atoms with Crippen molar-refractivity contribution in [3.8, 4) is 6.07 Å². The van der Waals surface area contributed by atoms with Crippen LogP contribution in [0.4, 0.5) is 0 Å². The number of nitrogens with zero attached hydrogens (tertiary/aromatic N) is 2. The molecule has 0 aliphatic heterocycles. The molecule has 0 atom stereocenters. The van der Waals surface area contributed by atoms with Crippen LogP contribution in [0.15, 0.2) is 0 Å². The Hall–Kier alpha value is -0.250. The Bertz CT molecular complexity index is 446. The molecule has 6 nitrogen and oxygen atoms in total. The molecule has 19 heavy (non-hydrogen) atoms. The van der Waals surface area contributed by atoms with E-state index in [4.69, 9.17) is 5.26 Å². The Morgan fingerprint density at radius 1 is 1.21 bits per heavy atom. The fraction of sp³-hybridized carbons (Fsp3) is 0.909. The van der Waals surface area contributed by atoms with Gasteiger partial charge in [0.1, 0.15) is 0 Å². The van der Waals surface area contributed by atoms with Crippen LogP contribution in [0, 0.1) is 11.3 Å².